The van der Waals surface area contributed by atoms with Gasteiger partial charge in [0.2, 0.25) is 5.13 Å². The van der Waals surface area contributed by atoms with E-state index in [0.29, 0.717) is 16.1 Å². The number of carbonyl (C=O) groups is 1. The van der Waals surface area contributed by atoms with Crippen LogP contribution >= 0.6 is 23.1 Å². The lowest BCUT2D eigenvalue weighted by Crippen LogP contribution is -2.20. The predicted octanol–water partition coefficient (Wildman–Crippen LogP) is 4.19. The van der Waals surface area contributed by atoms with E-state index in [2.05, 4.69) is 15.5 Å². The minimum absolute atomic E-state index is 0.0672. The van der Waals surface area contributed by atoms with Gasteiger partial charge < -0.3 is 4.42 Å². The molecule has 134 valence electrons. The lowest BCUT2D eigenvalue weighted by molar-refractivity contribution is 0.102. The summed E-state index contributed by atoms with van der Waals surface area (Å²) in [5, 5.41) is 11.7. The van der Waals surface area contributed by atoms with Gasteiger partial charge in [-0.05, 0) is 17.7 Å². The smallest absolute Gasteiger partial charge is 0.349 e. The molecule has 1 N–H and O–H groups in total. The highest BCUT2D eigenvalue weighted by molar-refractivity contribution is 8.00. The van der Waals surface area contributed by atoms with Crippen LogP contribution in [0.15, 0.2) is 74.2 Å². The molecule has 2 heterocycles. The van der Waals surface area contributed by atoms with Crippen LogP contribution in [0.4, 0.5) is 5.13 Å². The molecule has 0 aliphatic rings. The molecule has 8 heteroatoms. The van der Waals surface area contributed by atoms with Gasteiger partial charge in [-0.3, -0.25) is 10.1 Å². The van der Waals surface area contributed by atoms with E-state index in [1.54, 1.807) is 18.2 Å². The summed E-state index contributed by atoms with van der Waals surface area (Å²) in [6.07, 6.45) is 0. The van der Waals surface area contributed by atoms with Gasteiger partial charge in [-0.15, -0.1) is 10.2 Å². The number of thioether (sulfide) groups is 1. The molecule has 4 rings (SSSR count). The number of nitrogens with one attached hydrogen (secondary N) is 1. The third kappa shape index (κ3) is 4.07. The molecule has 0 fully saturated rings. The summed E-state index contributed by atoms with van der Waals surface area (Å²) >= 11 is 2.80. The molecule has 0 unspecified atom stereocenters. The topological polar surface area (TPSA) is 85.1 Å². The van der Waals surface area contributed by atoms with Gasteiger partial charge in [-0.25, -0.2) is 4.79 Å². The first-order chi connectivity index (χ1) is 13.2. The second-order valence-corrected chi connectivity index (χ2v) is 7.79. The number of aromatic nitrogens is 2. The van der Waals surface area contributed by atoms with Crippen LogP contribution in [-0.2, 0) is 5.75 Å². The van der Waals surface area contributed by atoms with Crippen molar-refractivity contribution in [1.82, 2.24) is 10.2 Å². The SMILES string of the molecule is O=C(Nc1nnc(SCc2ccccc2)s1)c1cc2ccccc2oc1=O. The van der Waals surface area contributed by atoms with Crippen molar-refractivity contribution >= 4 is 45.1 Å². The van der Waals surface area contributed by atoms with Crippen molar-refractivity contribution in [2.45, 2.75) is 10.1 Å². The Labute approximate surface area is 162 Å². The Bertz CT molecular complexity index is 1160. The van der Waals surface area contributed by atoms with Crippen molar-refractivity contribution in [1.29, 1.82) is 0 Å². The van der Waals surface area contributed by atoms with Gasteiger partial charge >= 0.3 is 5.63 Å². The number of anilines is 1. The van der Waals surface area contributed by atoms with Crippen molar-refractivity contribution in [3.63, 3.8) is 0 Å². The lowest BCUT2D eigenvalue weighted by Gasteiger charge is -2.01. The third-order valence-corrected chi connectivity index (χ3v) is 5.76. The minimum atomic E-state index is -0.686. The van der Waals surface area contributed by atoms with E-state index in [9.17, 15) is 9.59 Å². The predicted molar refractivity (Wildman–Crippen MR) is 106 cm³/mol. The maximum atomic E-state index is 12.4. The van der Waals surface area contributed by atoms with Gasteiger partial charge in [0.1, 0.15) is 11.1 Å². The largest absolute Gasteiger partial charge is 0.422 e. The molecule has 0 aliphatic heterocycles. The number of carbonyl (C=O) groups excluding carboxylic acids is 1. The summed E-state index contributed by atoms with van der Waals surface area (Å²) < 4.78 is 5.93. The average molecular weight is 395 g/mol. The van der Waals surface area contributed by atoms with Crippen LogP contribution in [0.5, 0.6) is 0 Å². The second-order valence-electron chi connectivity index (χ2n) is 5.59. The molecule has 27 heavy (non-hydrogen) atoms. The highest BCUT2D eigenvalue weighted by atomic mass is 32.2. The minimum Gasteiger partial charge on any atom is -0.422 e. The van der Waals surface area contributed by atoms with E-state index in [4.69, 9.17) is 4.42 Å². The Kier molecular flexibility index (Phi) is 4.99. The number of rotatable bonds is 5. The maximum absolute atomic E-state index is 12.4. The van der Waals surface area contributed by atoms with Crippen molar-refractivity contribution in [3.05, 3.63) is 82.2 Å². The fourth-order valence-corrected chi connectivity index (χ4v) is 4.13. The molecular weight excluding hydrogens is 382 g/mol. The molecule has 0 spiro atoms. The van der Waals surface area contributed by atoms with Crippen LogP contribution in [0.2, 0.25) is 0 Å². The summed E-state index contributed by atoms with van der Waals surface area (Å²) in [7, 11) is 0. The first-order valence-corrected chi connectivity index (χ1v) is 9.84. The quantitative estimate of drug-likeness (QED) is 0.310. The number of hydrogen-bond acceptors (Lipinski definition) is 7. The summed E-state index contributed by atoms with van der Waals surface area (Å²) in [5.74, 6) is 0.197. The first-order valence-electron chi connectivity index (χ1n) is 8.03. The average Bonchev–Trinajstić information content (AvgIpc) is 3.14. The molecular formula is C19H13N3O3S2. The molecule has 0 radical (unpaired) electrons. The van der Waals surface area contributed by atoms with Gasteiger partial charge in [0.05, 0.1) is 0 Å². The fourth-order valence-electron chi connectivity index (χ4n) is 2.42. The van der Waals surface area contributed by atoms with E-state index < -0.39 is 11.5 Å². The van der Waals surface area contributed by atoms with Crippen LogP contribution in [-0.4, -0.2) is 16.1 Å². The second kappa shape index (κ2) is 7.73. The van der Waals surface area contributed by atoms with Crippen LogP contribution in [0, 0.1) is 0 Å². The zero-order valence-electron chi connectivity index (χ0n) is 13.9. The lowest BCUT2D eigenvalue weighted by atomic mass is 10.2. The van der Waals surface area contributed by atoms with Gasteiger partial charge in [0, 0.05) is 11.1 Å². The monoisotopic (exact) mass is 395 g/mol. The van der Waals surface area contributed by atoms with Crippen LogP contribution < -0.4 is 10.9 Å². The van der Waals surface area contributed by atoms with E-state index >= 15 is 0 Å². The highest BCUT2D eigenvalue weighted by Crippen LogP contribution is 2.28. The molecule has 0 saturated heterocycles. The van der Waals surface area contributed by atoms with Gasteiger partial charge in [0.15, 0.2) is 4.34 Å². The normalized spacial score (nSPS) is 10.8. The molecule has 2 aromatic heterocycles. The van der Waals surface area contributed by atoms with E-state index in [1.807, 2.05) is 36.4 Å². The Morgan fingerprint density at radius 2 is 1.85 bits per heavy atom. The van der Waals surface area contributed by atoms with E-state index in [1.165, 1.54) is 34.7 Å². The van der Waals surface area contributed by atoms with Gasteiger partial charge in [0.25, 0.3) is 5.91 Å². The van der Waals surface area contributed by atoms with Crippen molar-refractivity contribution in [2.24, 2.45) is 0 Å². The number of para-hydroxylation sites is 1. The molecule has 0 bridgehead atoms. The van der Waals surface area contributed by atoms with Crippen molar-refractivity contribution < 1.29 is 9.21 Å². The summed E-state index contributed by atoms with van der Waals surface area (Å²) in [6.45, 7) is 0. The molecule has 4 aromatic rings. The Morgan fingerprint density at radius 3 is 2.70 bits per heavy atom. The number of fused-ring (bicyclic) bond motifs is 1. The molecule has 6 nitrogen and oxygen atoms in total. The first kappa shape index (κ1) is 17.4. The summed E-state index contributed by atoms with van der Waals surface area (Å²) in [6, 6.07) is 18.6. The van der Waals surface area contributed by atoms with Gasteiger partial charge in [-0.1, -0.05) is 71.6 Å². The Balaban J connectivity index is 1.46. The third-order valence-electron chi connectivity index (χ3n) is 3.72. The Morgan fingerprint density at radius 1 is 1.07 bits per heavy atom. The number of benzene rings is 2. The van der Waals surface area contributed by atoms with E-state index in [-0.39, 0.29) is 5.56 Å². The number of nitrogens with zero attached hydrogens (tertiary/aromatic N) is 2. The standard InChI is InChI=1S/C19H13N3O3S2/c23-16(14-10-13-8-4-5-9-15(13)25-17(14)24)20-18-21-22-19(27-18)26-11-12-6-2-1-3-7-12/h1-10H,11H2,(H,20,21,23). The summed E-state index contributed by atoms with van der Waals surface area (Å²) in [4.78, 5) is 24.5. The molecule has 1 amide bonds. The number of amides is 1. The molecule has 0 atom stereocenters. The maximum Gasteiger partial charge on any atom is 0.349 e. The van der Waals surface area contributed by atoms with Crippen LogP contribution in [0.25, 0.3) is 11.0 Å². The number of hydrogen-bond donors (Lipinski definition) is 1. The highest BCUT2D eigenvalue weighted by Gasteiger charge is 2.16. The molecule has 0 saturated carbocycles. The van der Waals surface area contributed by atoms with Crippen LogP contribution in [0.3, 0.4) is 0 Å². The fraction of sp³-hybridized carbons (Fsp3) is 0.0526. The van der Waals surface area contributed by atoms with E-state index in [0.717, 1.165) is 10.1 Å². The Hall–Kier alpha value is -2.97. The molecule has 2 aromatic carbocycles. The van der Waals surface area contributed by atoms with Crippen molar-refractivity contribution in [2.75, 3.05) is 5.32 Å². The van der Waals surface area contributed by atoms with Gasteiger partial charge in [-0.2, -0.15) is 0 Å². The van der Waals surface area contributed by atoms with Crippen molar-refractivity contribution in [3.8, 4) is 0 Å². The zero-order valence-corrected chi connectivity index (χ0v) is 15.5. The van der Waals surface area contributed by atoms with Crippen LogP contribution in [0.1, 0.15) is 15.9 Å². The molecule has 0 aliphatic carbocycles. The zero-order chi connectivity index (χ0) is 18.6. The summed E-state index contributed by atoms with van der Waals surface area (Å²) in [5.41, 5.74) is 0.864.